The molecule has 0 aliphatic carbocycles. The fraction of sp³-hybridized carbons (Fsp3) is 0.778. The number of carboxylic acids is 1. The minimum absolute atomic E-state index is 0.262. The predicted octanol–water partition coefficient (Wildman–Crippen LogP) is -0.520. The molecule has 2 unspecified atom stereocenters. The first-order valence-electron chi connectivity index (χ1n) is 4.62. The summed E-state index contributed by atoms with van der Waals surface area (Å²) in [5, 5.41) is 8.55. The van der Waals surface area contributed by atoms with E-state index >= 15 is 0 Å². The molecule has 2 atom stereocenters. The minimum Gasteiger partial charge on any atom is -0.474 e. The number of rotatable bonds is 1. The summed E-state index contributed by atoms with van der Waals surface area (Å²) >= 11 is 0. The summed E-state index contributed by atoms with van der Waals surface area (Å²) < 4.78 is 0. The first kappa shape index (κ1) is 11.0. The van der Waals surface area contributed by atoms with Crippen LogP contribution in [-0.4, -0.2) is 60.0 Å². The van der Waals surface area contributed by atoms with Crippen molar-refractivity contribution in [2.45, 2.75) is 13.0 Å². The Morgan fingerprint density at radius 1 is 1.36 bits per heavy atom. The van der Waals surface area contributed by atoms with E-state index in [9.17, 15) is 9.59 Å². The third kappa shape index (κ3) is 2.04. The van der Waals surface area contributed by atoms with Gasteiger partial charge in [0.2, 0.25) is 0 Å². The molecule has 1 heterocycles. The van der Waals surface area contributed by atoms with Crippen molar-refractivity contribution in [3.63, 3.8) is 0 Å². The van der Waals surface area contributed by atoms with Gasteiger partial charge in [0.1, 0.15) is 0 Å². The summed E-state index contributed by atoms with van der Waals surface area (Å²) in [6, 6.07) is 0.262. The van der Waals surface area contributed by atoms with Crippen molar-refractivity contribution in [3.8, 4) is 0 Å². The molecule has 1 saturated heterocycles. The van der Waals surface area contributed by atoms with Gasteiger partial charge in [0.15, 0.2) is 0 Å². The lowest BCUT2D eigenvalue weighted by Gasteiger charge is -2.22. The van der Waals surface area contributed by atoms with E-state index < -0.39 is 11.9 Å². The molecule has 0 bridgehead atoms. The fourth-order valence-electron chi connectivity index (χ4n) is 1.92. The van der Waals surface area contributed by atoms with Gasteiger partial charge >= 0.3 is 11.9 Å². The number of carbonyl (C=O) groups is 2. The quantitative estimate of drug-likeness (QED) is 0.579. The van der Waals surface area contributed by atoms with E-state index in [2.05, 4.69) is 0 Å². The lowest BCUT2D eigenvalue weighted by molar-refractivity contribution is -0.155. The van der Waals surface area contributed by atoms with E-state index in [-0.39, 0.29) is 6.04 Å². The highest BCUT2D eigenvalue weighted by atomic mass is 16.4. The number of hydrogen-bond acceptors (Lipinski definition) is 3. The molecular formula is C9H16N2O3. The van der Waals surface area contributed by atoms with Crippen LogP contribution in [0.25, 0.3) is 0 Å². The van der Waals surface area contributed by atoms with E-state index in [1.54, 1.807) is 0 Å². The molecule has 1 amide bonds. The SMILES string of the molecule is CC1CN(C(=O)C(=O)O)CC1N(C)C. The van der Waals surface area contributed by atoms with Gasteiger partial charge in [-0.05, 0) is 20.0 Å². The number of aliphatic carboxylic acids is 1. The minimum atomic E-state index is -1.36. The molecule has 1 fully saturated rings. The zero-order chi connectivity index (χ0) is 10.9. The maximum absolute atomic E-state index is 11.2. The lowest BCUT2D eigenvalue weighted by atomic mass is 10.1. The van der Waals surface area contributed by atoms with E-state index in [0.717, 1.165) is 0 Å². The van der Waals surface area contributed by atoms with Gasteiger partial charge in [0, 0.05) is 19.1 Å². The molecule has 0 aromatic heterocycles. The Morgan fingerprint density at radius 3 is 2.29 bits per heavy atom. The Labute approximate surface area is 83.3 Å². The highest BCUT2D eigenvalue weighted by Gasteiger charge is 2.35. The molecule has 80 valence electrons. The first-order chi connectivity index (χ1) is 6.43. The Balaban J connectivity index is 2.63. The molecule has 0 radical (unpaired) electrons. The number of likely N-dealkylation sites (tertiary alicyclic amines) is 1. The normalized spacial score (nSPS) is 27.0. The zero-order valence-electron chi connectivity index (χ0n) is 8.73. The third-order valence-electron chi connectivity index (χ3n) is 2.71. The molecule has 5 heteroatoms. The Hall–Kier alpha value is -1.10. The molecule has 1 aliphatic rings. The van der Waals surface area contributed by atoms with Crippen LogP contribution in [0.1, 0.15) is 6.92 Å². The van der Waals surface area contributed by atoms with Crippen LogP contribution in [-0.2, 0) is 9.59 Å². The van der Waals surface area contributed by atoms with E-state index in [1.807, 2.05) is 25.9 Å². The van der Waals surface area contributed by atoms with Gasteiger partial charge in [0.25, 0.3) is 0 Å². The van der Waals surface area contributed by atoms with Crippen LogP contribution in [0.3, 0.4) is 0 Å². The van der Waals surface area contributed by atoms with Crippen molar-refractivity contribution in [1.82, 2.24) is 9.80 Å². The fourth-order valence-corrected chi connectivity index (χ4v) is 1.92. The summed E-state index contributed by atoms with van der Waals surface area (Å²) in [4.78, 5) is 25.1. The first-order valence-corrected chi connectivity index (χ1v) is 4.62. The number of carboxylic acid groups (broad SMARTS) is 1. The van der Waals surface area contributed by atoms with Crippen molar-refractivity contribution >= 4 is 11.9 Å². The van der Waals surface area contributed by atoms with Gasteiger partial charge in [-0.15, -0.1) is 0 Å². The summed E-state index contributed by atoms with van der Waals surface area (Å²) in [6.07, 6.45) is 0. The second-order valence-electron chi connectivity index (χ2n) is 4.02. The lowest BCUT2D eigenvalue weighted by Crippen LogP contribution is -2.38. The van der Waals surface area contributed by atoms with Gasteiger partial charge in [-0.2, -0.15) is 0 Å². The average molecular weight is 200 g/mol. The highest BCUT2D eigenvalue weighted by Crippen LogP contribution is 2.19. The molecule has 0 aromatic carbocycles. The maximum Gasteiger partial charge on any atom is 0.394 e. The van der Waals surface area contributed by atoms with Crippen LogP contribution < -0.4 is 0 Å². The molecule has 5 nitrogen and oxygen atoms in total. The van der Waals surface area contributed by atoms with Crippen molar-refractivity contribution < 1.29 is 14.7 Å². The van der Waals surface area contributed by atoms with E-state index in [1.165, 1.54) is 4.90 Å². The molecule has 1 N–H and O–H groups in total. The molecule has 0 aromatic rings. The topological polar surface area (TPSA) is 60.9 Å². The van der Waals surface area contributed by atoms with Gasteiger partial charge in [-0.1, -0.05) is 6.92 Å². The van der Waals surface area contributed by atoms with Crippen LogP contribution in [0.15, 0.2) is 0 Å². The predicted molar refractivity (Wildman–Crippen MR) is 50.9 cm³/mol. The second-order valence-corrected chi connectivity index (χ2v) is 4.02. The van der Waals surface area contributed by atoms with Crippen molar-refractivity contribution in [2.75, 3.05) is 27.2 Å². The number of likely N-dealkylation sites (N-methyl/N-ethyl adjacent to an activating group) is 1. The Morgan fingerprint density at radius 2 is 1.93 bits per heavy atom. The van der Waals surface area contributed by atoms with Crippen LogP contribution in [0.2, 0.25) is 0 Å². The van der Waals surface area contributed by atoms with Crippen molar-refractivity contribution in [3.05, 3.63) is 0 Å². The Kier molecular flexibility index (Phi) is 3.10. The maximum atomic E-state index is 11.2. The van der Waals surface area contributed by atoms with Gasteiger partial charge in [-0.3, -0.25) is 4.79 Å². The number of amides is 1. The Bertz CT molecular complexity index is 252. The van der Waals surface area contributed by atoms with Crippen LogP contribution >= 0.6 is 0 Å². The van der Waals surface area contributed by atoms with Crippen LogP contribution in [0.4, 0.5) is 0 Å². The summed E-state index contributed by atoms with van der Waals surface area (Å²) in [7, 11) is 3.88. The van der Waals surface area contributed by atoms with E-state index in [4.69, 9.17) is 5.11 Å². The number of hydrogen-bond donors (Lipinski definition) is 1. The number of nitrogens with zero attached hydrogens (tertiary/aromatic N) is 2. The van der Waals surface area contributed by atoms with Crippen molar-refractivity contribution in [2.24, 2.45) is 5.92 Å². The summed E-state index contributed by atoms with van der Waals surface area (Å²) in [5.74, 6) is -1.83. The standard InChI is InChI=1S/C9H16N2O3/c1-6-4-11(8(12)9(13)14)5-7(6)10(2)3/h6-7H,4-5H2,1-3H3,(H,13,14). The monoisotopic (exact) mass is 200 g/mol. The molecule has 0 spiro atoms. The molecule has 1 rings (SSSR count). The summed E-state index contributed by atoms with van der Waals surface area (Å²) in [5.41, 5.74) is 0. The van der Waals surface area contributed by atoms with Gasteiger partial charge in [0.05, 0.1) is 0 Å². The second kappa shape index (κ2) is 3.96. The molecule has 0 saturated carbocycles. The molecule has 1 aliphatic heterocycles. The largest absolute Gasteiger partial charge is 0.474 e. The smallest absolute Gasteiger partial charge is 0.394 e. The average Bonchev–Trinajstić information content (AvgIpc) is 2.45. The third-order valence-corrected chi connectivity index (χ3v) is 2.71. The zero-order valence-corrected chi connectivity index (χ0v) is 8.73. The number of carbonyl (C=O) groups excluding carboxylic acids is 1. The van der Waals surface area contributed by atoms with E-state index in [0.29, 0.717) is 19.0 Å². The van der Waals surface area contributed by atoms with Crippen LogP contribution in [0.5, 0.6) is 0 Å². The van der Waals surface area contributed by atoms with Crippen LogP contribution in [0, 0.1) is 5.92 Å². The molecular weight excluding hydrogens is 184 g/mol. The summed E-state index contributed by atoms with van der Waals surface area (Å²) in [6.45, 7) is 3.08. The highest BCUT2D eigenvalue weighted by molar-refractivity contribution is 6.31. The molecule has 14 heavy (non-hydrogen) atoms. The van der Waals surface area contributed by atoms with Gasteiger partial charge in [-0.25, -0.2) is 4.79 Å². The van der Waals surface area contributed by atoms with Gasteiger partial charge < -0.3 is 14.9 Å². The van der Waals surface area contributed by atoms with Crippen molar-refractivity contribution in [1.29, 1.82) is 0 Å².